The van der Waals surface area contributed by atoms with Crippen LogP contribution in [0.15, 0.2) is 79.0 Å². The highest BCUT2D eigenvalue weighted by Crippen LogP contribution is 2.30. The lowest BCUT2D eigenvalue weighted by molar-refractivity contribution is 0.0866. The highest BCUT2D eigenvalue weighted by atomic mass is 16.5. The Morgan fingerprint density at radius 3 is 2.37 bits per heavy atom. The van der Waals surface area contributed by atoms with E-state index in [-0.39, 0.29) is 0 Å². The van der Waals surface area contributed by atoms with E-state index in [9.17, 15) is 5.11 Å². The van der Waals surface area contributed by atoms with Gasteiger partial charge < -0.3 is 14.7 Å². The van der Waals surface area contributed by atoms with Crippen molar-refractivity contribution in [2.24, 2.45) is 0 Å². The molecule has 1 unspecified atom stereocenters. The van der Waals surface area contributed by atoms with Gasteiger partial charge in [0.25, 0.3) is 0 Å². The Kier molecular flexibility index (Phi) is 6.95. The van der Waals surface area contributed by atoms with E-state index in [2.05, 4.69) is 45.1 Å². The Hall–Kier alpha value is -2.89. The van der Waals surface area contributed by atoms with Crippen molar-refractivity contribution in [2.75, 3.05) is 44.2 Å². The molecule has 0 aliphatic carbocycles. The Labute approximate surface area is 178 Å². The number of anilines is 1. The van der Waals surface area contributed by atoms with E-state index in [1.807, 2.05) is 48.7 Å². The van der Waals surface area contributed by atoms with Gasteiger partial charge in [-0.3, -0.25) is 9.88 Å². The van der Waals surface area contributed by atoms with Gasteiger partial charge in [0.1, 0.15) is 12.4 Å². The number of aromatic nitrogens is 1. The van der Waals surface area contributed by atoms with Gasteiger partial charge in [-0.05, 0) is 36.8 Å². The van der Waals surface area contributed by atoms with Crippen LogP contribution in [-0.4, -0.2) is 60.4 Å². The molecule has 0 saturated carbocycles. The minimum Gasteiger partial charge on any atom is -0.491 e. The molecule has 0 bridgehead atoms. The first-order valence-electron chi connectivity index (χ1n) is 10.6. The molecule has 3 aromatic rings. The SMILES string of the molecule is OC(CCN1CCN(c2ccccc2-c2ccccn2)CC1)COc1ccccc1. The number of hydrogen-bond donors (Lipinski definition) is 1. The molecule has 1 aromatic heterocycles. The number of rotatable bonds is 8. The van der Waals surface area contributed by atoms with E-state index >= 15 is 0 Å². The van der Waals surface area contributed by atoms with Gasteiger partial charge in [0, 0.05) is 50.2 Å². The van der Waals surface area contributed by atoms with Crippen LogP contribution in [0, 0.1) is 0 Å². The van der Waals surface area contributed by atoms with Crippen molar-refractivity contribution in [1.82, 2.24) is 9.88 Å². The highest BCUT2D eigenvalue weighted by molar-refractivity contribution is 5.76. The van der Waals surface area contributed by atoms with Gasteiger partial charge in [0.05, 0.1) is 11.8 Å². The zero-order valence-electron chi connectivity index (χ0n) is 17.2. The van der Waals surface area contributed by atoms with Crippen molar-refractivity contribution in [2.45, 2.75) is 12.5 Å². The number of aliphatic hydroxyl groups excluding tert-OH is 1. The summed E-state index contributed by atoms with van der Waals surface area (Å²) in [5.41, 5.74) is 3.43. The fraction of sp³-hybridized carbons (Fsp3) is 0.320. The minimum atomic E-state index is -0.451. The van der Waals surface area contributed by atoms with Crippen molar-refractivity contribution in [3.05, 3.63) is 79.0 Å². The topological polar surface area (TPSA) is 48.8 Å². The molecule has 1 aliphatic rings. The van der Waals surface area contributed by atoms with Crippen LogP contribution in [0.4, 0.5) is 5.69 Å². The van der Waals surface area contributed by atoms with Crippen molar-refractivity contribution in [3.63, 3.8) is 0 Å². The molecule has 1 N–H and O–H groups in total. The molecule has 1 atom stereocenters. The molecular weight excluding hydrogens is 374 g/mol. The van der Waals surface area contributed by atoms with E-state index in [1.165, 1.54) is 11.3 Å². The average Bonchev–Trinajstić information content (AvgIpc) is 2.83. The van der Waals surface area contributed by atoms with Crippen LogP contribution < -0.4 is 9.64 Å². The number of benzene rings is 2. The van der Waals surface area contributed by atoms with Gasteiger partial charge in [-0.1, -0.05) is 42.5 Å². The normalized spacial score (nSPS) is 15.7. The maximum atomic E-state index is 10.3. The van der Waals surface area contributed by atoms with E-state index in [0.29, 0.717) is 6.61 Å². The Bertz CT molecular complexity index is 897. The van der Waals surface area contributed by atoms with Gasteiger partial charge in [-0.15, -0.1) is 0 Å². The van der Waals surface area contributed by atoms with E-state index in [4.69, 9.17) is 4.74 Å². The zero-order chi connectivity index (χ0) is 20.6. The maximum Gasteiger partial charge on any atom is 0.119 e. The van der Waals surface area contributed by atoms with Gasteiger partial charge >= 0.3 is 0 Å². The maximum absolute atomic E-state index is 10.3. The summed E-state index contributed by atoms with van der Waals surface area (Å²) in [6, 6.07) is 24.2. The summed E-state index contributed by atoms with van der Waals surface area (Å²) >= 11 is 0. The zero-order valence-corrected chi connectivity index (χ0v) is 17.2. The monoisotopic (exact) mass is 403 g/mol. The first-order chi connectivity index (χ1) is 14.8. The first-order valence-corrected chi connectivity index (χ1v) is 10.6. The molecule has 0 spiro atoms. The van der Waals surface area contributed by atoms with Crippen molar-refractivity contribution >= 4 is 5.69 Å². The Balaban J connectivity index is 1.26. The lowest BCUT2D eigenvalue weighted by atomic mass is 10.1. The molecular formula is C25H29N3O2. The lowest BCUT2D eigenvalue weighted by Crippen LogP contribution is -2.47. The summed E-state index contributed by atoms with van der Waals surface area (Å²) in [5, 5.41) is 10.3. The van der Waals surface area contributed by atoms with E-state index in [1.54, 1.807) is 0 Å². The molecule has 2 heterocycles. The largest absolute Gasteiger partial charge is 0.491 e. The predicted molar refractivity (Wildman–Crippen MR) is 121 cm³/mol. The molecule has 2 aromatic carbocycles. The number of nitrogens with zero attached hydrogens (tertiary/aromatic N) is 3. The summed E-state index contributed by atoms with van der Waals surface area (Å²) in [7, 11) is 0. The van der Waals surface area contributed by atoms with Crippen LogP contribution in [-0.2, 0) is 0 Å². The van der Waals surface area contributed by atoms with Crippen LogP contribution in [0.2, 0.25) is 0 Å². The molecule has 0 amide bonds. The molecule has 0 radical (unpaired) electrons. The molecule has 4 rings (SSSR count). The van der Waals surface area contributed by atoms with E-state index < -0.39 is 6.10 Å². The van der Waals surface area contributed by atoms with Crippen LogP contribution in [0.25, 0.3) is 11.3 Å². The second kappa shape index (κ2) is 10.2. The summed E-state index contributed by atoms with van der Waals surface area (Å²) in [5.74, 6) is 0.803. The first kappa shape index (κ1) is 20.4. The number of piperazine rings is 1. The van der Waals surface area contributed by atoms with Gasteiger partial charge in [-0.25, -0.2) is 0 Å². The Morgan fingerprint density at radius 2 is 1.60 bits per heavy atom. The second-order valence-electron chi connectivity index (χ2n) is 7.63. The van der Waals surface area contributed by atoms with E-state index in [0.717, 1.165) is 50.6 Å². The van der Waals surface area contributed by atoms with Crippen LogP contribution in [0.1, 0.15) is 6.42 Å². The third kappa shape index (κ3) is 5.38. The van der Waals surface area contributed by atoms with Crippen molar-refractivity contribution < 1.29 is 9.84 Å². The summed E-state index contributed by atoms with van der Waals surface area (Å²) in [6.45, 7) is 5.14. The standard InChI is InChI=1S/C25H29N3O2/c29-21(20-30-22-8-2-1-3-9-22)13-15-27-16-18-28(19-17-27)25-12-5-4-10-23(25)24-11-6-7-14-26-24/h1-12,14,21,29H,13,15-20H2. The smallest absolute Gasteiger partial charge is 0.119 e. The fourth-order valence-electron chi connectivity index (χ4n) is 3.82. The predicted octanol–water partition coefficient (Wildman–Crippen LogP) is 3.70. The van der Waals surface area contributed by atoms with Crippen LogP contribution in [0.3, 0.4) is 0 Å². The molecule has 5 nitrogen and oxygen atoms in total. The molecule has 5 heteroatoms. The number of aliphatic hydroxyl groups is 1. The second-order valence-corrected chi connectivity index (χ2v) is 7.63. The van der Waals surface area contributed by atoms with Gasteiger partial charge in [-0.2, -0.15) is 0 Å². The van der Waals surface area contributed by atoms with Gasteiger partial charge in [0.15, 0.2) is 0 Å². The molecule has 1 aliphatic heterocycles. The summed E-state index contributed by atoms with van der Waals surface area (Å²) < 4.78 is 5.66. The van der Waals surface area contributed by atoms with Crippen LogP contribution in [0.5, 0.6) is 5.75 Å². The fourth-order valence-corrected chi connectivity index (χ4v) is 3.82. The summed E-state index contributed by atoms with van der Waals surface area (Å²) in [4.78, 5) is 9.39. The van der Waals surface area contributed by atoms with Crippen LogP contribution >= 0.6 is 0 Å². The van der Waals surface area contributed by atoms with Crippen molar-refractivity contribution in [1.29, 1.82) is 0 Å². The molecule has 30 heavy (non-hydrogen) atoms. The number of hydrogen-bond acceptors (Lipinski definition) is 5. The minimum absolute atomic E-state index is 0.335. The third-order valence-electron chi connectivity index (χ3n) is 5.52. The number of para-hydroxylation sites is 2. The number of pyridine rings is 1. The average molecular weight is 404 g/mol. The molecule has 156 valence electrons. The number of ether oxygens (including phenoxy) is 1. The third-order valence-corrected chi connectivity index (χ3v) is 5.52. The van der Waals surface area contributed by atoms with Gasteiger partial charge in [0.2, 0.25) is 0 Å². The summed E-state index contributed by atoms with van der Waals surface area (Å²) in [6.07, 6.45) is 2.11. The lowest BCUT2D eigenvalue weighted by Gasteiger charge is -2.37. The molecule has 1 saturated heterocycles. The van der Waals surface area contributed by atoms with Crippen molar-refractivity contribution in [3.8, 4) is 17.0 Å². The molecule has 1 fully saturated rings. The highest BCUT2D eigenvalue weighted by Gasteiger charge is 2.20. The Morgan fingerprint density at radius 1 is 0.867 bits per heavy atom. The quantitative estimate of drug-likeness (QED) is 0.622.